The number of nitrogens with zero attached hydrogens (tertiary/aromatic N) is 1. The van der Waals surface area contributed by atoms with Gasteiger partial charge in [-0.2, -0.15) is 0 Å². The molecule has 0 saturated heterocycles. The lowest BCUT2D eigenvalue weighted by atomic mass is 9.96. The summed E-state index contributed by atoms with van der Waals surface area (Å²) in [5.74, 6) is 0. The molecule has 1 aromatic heterocycles. The van der Waals surface area contributed by atoms with Crippen molar-refractivity contribution in [2.24, 2.45) is 0 Å². The first kappa shape index (κ1) is 13.7. The summed E-state index contributed by atoms with van der Waals surface area (Å²) < 4.78 is 1.18. The summed E-state index contributed by atoms with van der Waals surface area (Å²) in [6, 6.07) is 4.74. The van der Waals surface area contributed by atoms with Gasteiger partial charge >= 0.3 is 0 Å². The first-order valence-electron chi connectivity index (χ1n) is 7.65. The van der Waals surface area contributed by atoms with E-state index in [1.807, 2.05) is 6.92 Å². The summed E-state index contributed by atoms with van der Waals surface area (Å²) in [5.41, 5.74) is 9.18. The molecule has 1 aliphatic carbocycles. The first-order chi connectivity index (χ1) is 9.72. The molecule has 0 radical (unpaired) electrons. The summed E-state index contributed by atoms with van der Waals surface area (Å²) in [5, 5.41) is 4.76. The lowest BCUT2D eigenvalue weighted by Gasteiger charge is -2.23. The number of nitrogens with two attached hydrogens (primary N) is 1. The Morgan fingerprint density at radius 2 is 1.85 bits per heavy atom. The van der Waals surface area contributed by atoms with Crippen LogP contribution in [0.2, 0.25) is 0 Å². The van der Waals surface area contributed by atoms with Gasteiger partial charge in [0.15, 0.2) is 0 Å². The molecular formula is C16H23N3S. The Morgan fingerprint density at radius 3 is 2.60 bits per heavy atom. The van der Waals surface area contributed by atoms with Crippen molar-refractivity contribution in [3.05, 3.63) is 17.1 Å². The Kier molecular flexibility index (Phi) is 4.10. The van der Waals surface area contributed by atoms with Gasteiger partial charge in [-0.15, -0.1) is 11.3 Å². The van der Waals surface area contributed by atoms with Gasteiger partial charge in [-0.1, -0.05) is 32.1 Å². The van der Waals surface area contributed by atoms with Crippen molar-refractivity contribution >= 4 is 32.9 Å². The van der Waals surface area contributed by atoms with Crippen LogP contribution in [0.1, 0.15) is 50.0 Å². The van der Waals surface area contributed by atoms with E-state index in [1.165, 1.54) is 49.6 Å². The summed E-state index contributed by atoms with van der Waals surface area (Å²) in [6.07, 6.45) is 9.32. The molecule has 2 aromatic rings. The van der Waals surface area contributed by atoms with Crippen molar-refractivity contribution in [2.45, 2.75) is 57.9 Å². The molecule has 0 spiro atoms. The highest BCUT2D eigenvalue weighted by Crippen LogP contribution is 2.31. The number of fused-ring (bicyclic) bond motifs is 1. The fourth-order valence-corrected chi connectivity index (χ4v) is 3.91. The van der Waals surface area contributed by atoms with E-state index in [0.717, 1.165) is 21.9 Å². The van der Waals surface area contributed by atoms with Crippen molar-refractivity contribution in [3.8, 4) is 0 Å². The molecule has 0 bridgehead atoms. The highest BCUT2D eigenvalue weighted by Gasteiger charge is 2.13. The fraction of sp³-hybridized carbons (Fsp3) is 0.562. The zero-order valence-electron chi connectivity index (χ0n) is 12.1. The van der Waals surface area contributed by atoms with Gasteiger partial charge in [0.2, 0.25) is 0 Å². The second-order valence-electron chi connectivity index (χ2n) is 5.83. The van der Waals surface area contributed by atoms with Crippen LogP contribution in [-0.4, -0.2) is 11.0 Å². The van der Waals surface area contributed by atoms with Gasteiger partial charge in [0.1, 0.15) is 0 Å². The van der Waals surface area contributed by atoms with Crippen LogP contribution < -0.4 is 11.1 Å². The van der Waals surface area contributed by atoms with Gasteiger partial charge in [-0.05, 0) is 31.9 Å². The Labute approximate surface area is 124 Å². The van der Waals surface area contributed by atoms with Gasteiger partial charge in [0.25, 0.3) is 0 Å². The minimum Gasteiger partial charge on any atom is -0.397 e. The Bertz CT molecular complexity index is 583. The van der Waals surface area contributed by atoms with E-state index < -0.39 is 0 Å². The first-order valence-corrected chi connectivity index (χ1v) is 8.47. The number of anilines is 2. The molecule has 1 heterocycles. The highest BCUT2D eigenvalue weighted by molar-refractivity contribution is 7.18. The molecule has 20 heavy (non-hydrogen) atoms. The van der Waals surface area contributed by atoms with E-state index in [1.54, 1.807) is 11.3 Å². The highest BCUT2D eigenvalue weighted by atomic mass is 32.1. The van der Waals surface area contributed by atoms with Crippen LogP contribution in [0.25, 0.3) is 10.2 Å². The second kappa shape index (κ2) is 6.00. The number of nitrogens with one attached hydrogen (secondary N) is 1. The van der Waals surface area contributed by atoms with E-state index in [-0.39, 0.29) is 0 Å². The topological polar surface area (TPSA) is 50.9 Å². The largest absolute Gasteiger partial charge is 0.397 e. The zero-order valence-corrected chi connectivity index (χ0v) is 12.9. The second-order valence-corrected chi connectivity index (χ2v) is 7.06. The van der Waals surface area contributed by atoms with E-state index >= 15 is 0 Å². The van der Waals surface area contributed by atoms with E-state index in [0.29, 0.717) is 6.04 Å². The number of aryl methyl sites for hydroxylation is 1. The minimum atomic E-state index is 0.565. The number of thiazole rings is 1. The lowest BCUT2D eigenvalue weighted by molar-refractivity contribution is 0.471. The van der Waals surface area contributed by atoms with Gasteiger partial charge in [0, 0.05) is 6.04 Å². The molecule has 1 aromatic carbocycles. The van der Waals surface area contributed by atoms with E-state index in [4.69, 9.17) is 5.73 Å². The van der Waals surface area contributed by atoms with Crippen LogP contribution in [0.3, 0.4) is 0 Å². The molecule has 0 amide bonds. The Hall–Kier alpha value is -1.29. The van der Waals surface area contributed by atoms with Crippen LogP contribution >= 0.6 is 11.3 Å². The molecular weight excluding hydrogens is 266 g/mol. The number of nitrogen functional groups attached to an aromatic ring is 1. The SMILES string of the molecule is Cc1nc2cc(NC3CCCCCCC3)c(N)cc2s1. The van der Waals surface area contributed by atoms with Crippen LogP contribution in [0.4, 0.5) is 11.4 Å². The van der Waals surface area contributed by atoms with Gasteiger partial charge in [0.05, 0.1) is 26.6 Å². The molecule has 1 saturated carbocycles. The molecule has 3 rings (SSSR count). The maximum absolute atomic E-state index is 6.20. The average molecular weight is 289 g/mol. The predicted molar refractivity (Wildman–Crippen MR) is 88.5 cm³/mol. The van der Waals surface area contributed by atoms with Crippen LogP contribution in [0, 0.1) is 6.92 Å². The third kappa shape index (κ3) is 3.06. The molecule has 108 valence electrons. The van der Waals surface area contributed by atoms with Crippen molar-refractivity contribution in [1.29, 1.82) is 0 Å². The smallest absolute Gasteiger partial charge is 0.0907 e. The molecule has 3 N–H and O–H groups in total. The van der Waals surface area contributed by atoms with Crippen molar-refractivity contribution in [1.82, 2.24) is 4.98 Å². The number of hydrogen-bond donors (Lipinski definition) is 2. The summed E-state index contributed by atoms with van der Waals surface area (Å²) in [4.78, 5) is 4.56. The quantitative estimate of drug-likeness (QED) is 0.787. The number of benzene rings is 1. The maximum atomic E-state index is 6.20. The molecule has 4 heteroatoms. The third-order valence-electron chi connectivity index (χ3n) is 4.13. The monoisotopic (exact) mass is 289 g/mol. The number of hydrogen-bond acceptors (Lipinski definition) is 4. The van der Waals surface area contributed by atoms with Crippen LogP contribution in [-0.2, 0) is 0 Å². The van der Waals surface area contributed by atoms with Crippen LogP contribution in [0.5, 0.6) is 0 Å². The van der Waals surface area contributed by atoms with Crippen molar-refractivity contribution in [2.75, 3.05) is 11.1 Å². The molecule has 0 aliphatic heterocycles. The normalized spacial score (nSPS) is 17.9. The van der Waals surface area contributed by atoms with E-state index in [9.17, 15) is 0 Å². The third-order valence-corrected chi connectivity index (χ3v) is 5.07. The molecule has 1 aliphatic rings. The Balaban J connectivity index is 1.79. The Morgan fingerprint density at radius 1 is 1.15 bits per heavy atom. The fourth-order valence-electron chi connectivity index (χ4n) is 3.05. The minimum absolute atomic E-state index is 0.565. The maximum Gasteiger partial charge on any atom is 0.0907 e. The zero-order chi connectivity index (χ0) is 13.9. The average Bonchev–Trinajstić information content (AvgIpc) is 2.72. The lowest BCUT2D eigenvalue weighted by Crippen LogP contribution is -2.21. The predicted octanol–water partition coefficient (Wildman–Crippen LogP) is 4.71. The van der Waals surface area contributed by atoms with Crippen molar-refractivity contribution in [3.63, 3.8) is 0 Å². The van der Waals surface area contributed by atoms with Crippen LogP contribution in [0.15, 0.2) is 12.1 Å². The summed E-state index contributed by atoms with van der Waals surface area (Å²) in [6.45, 7) is 2.04. The number of aromatic nitrogens is 1. The summed E-state index contributed by atoms with van der Waals surface area (Å²) >= 11 is 1.71. The van der Waals surface area contributed by atoms with E-state index in [2.05, 4.69) is 22.4 Å². The van der Waals surface area contributed by atoms with Crippen molar-refractivity contribution < 1.29 is 0 Å². The standard InChI is InChI=1S/C16H23N3S/c1-11-18-15-10-14(13(17)9-16(15)20-11)19-12-7-5-3-2-4-6-8-12/h9-10,12,19H,2-8,17H2,1H3. The summed E-state index contributed by atoms with van der Waals surface area (Å²) in [7, 11) is 0. The molecule has 0 unspecified atom stereocenters. The molecule has 1 fully saturated rings. The molecule has 3 nitrogen and oxygen atoms in total. The van der Waals surface area contributed by atoms with Gasteiger partial charge in [-0.25, -0.2) is 4.98 Å². The van der Waals surface area contributed by atoms with Gasteiger partial charge < -0.3 is 11.1 Å². The van der Waals surface area contributed by atoms with Gasteiger partial charge in [-0.3, -0.25) is 0 Å². The molecule has 0 atom stereocenters. The number of rotatable bonds is 2.